The van der Waals surface area contributed by atoms with Crippen LogP contribution in [-0.4, -0.2) is 23.8 Å². The second-order valence-corrected chi connectivity index (χ2v) is 11.7. The number of halogens is 2. The first-order valence-electron chi connectivity index (χ1n) is 12.9. The van der Waals surface area contributed by atoms with Crippen LogP contribution in [0.4, 0.5) is 0 Å². The highest BCUT2D eigenvalue weighted by Gasteiger charge is 2.41. The van der Waals surface area contributed by atoms with Gasteiger partial charge in [-0.2, -0.15) is 5.10 Å². The standard InChI is InChI=1S/C32H26Br2N2O4/c1-18-4-8-20(9-5-18)26-17-27-24-16-23(33)12-13-28(24)39-31(36(27)35-26)22-14-25(34)30(29(15-22)38-3)40-32(37)21-10-6-19(2)7-11-21/h4-16,27,31H,17H2,1-3H3. The minimum absolute atomic E-state index is 0.00800. The van der Waals surface area contributed by atoms with Crippen LogP contribution in [0, 0.1) is 13.8 Å². The Hall–Kier alpha value is -3.62. The summed E-state index contributed by atoms with van der Waals surface area (Å²) in [4.78, 5) is 12.9. The van der Waals surface area contributed by atoms with E-state index in [0.29, 0.717) is 21.5 Å². The lowest BCUT2D eigenvalue weighted by molar-refractivity contribution is -0.0192. The number of carbonyl (C=O) groups is 1. The van der Waals surface area contributed by atoms with E-state index in [1.807, 2.05) is 48.3 Å². The summed E-state index contributed by atoms with van der Waals surface area (Å²) in [5, 5.41) is 7.08. The van der Waals surface area contributed by atoms with Crippen LogP contribution in [0.25, 0.3) is 0 Å². The third kappa shape index (κ3) is 5.02. The summed E-state index contributed by atoms with van der Waals surface area (Å²) in [6.45, 7) is 4.05. The zero-order valence-corrected chi connectivity index (χ0v) is 25.3. The first-order chi connectivity index (χ1) is 19.3. The van der Waals surface area contributed by atoms with Gasteiger partial charge < -0.3 is 14.2 Å². The van der Waals surface area contributed by atoms with Crippen LogP contribution < -0.4 is 14.2 Å². The molecule has 0 fully saturated rings. The smallest absolute Gasteiger partial charge is 0.343 e. The third-order valence-electron chi connectivity index (χ3n) is 7.16. The second-order valence-electron chi connectivity index (χ2n) is 9.95. The molecule has 2 heterocycles. The number of hydrogen-bond donors (Lipinski definition) is 0. The quantitative estimate of drug-likeness (QED) is 0.159. The summed E-state index contributed by atoms with van der Waals surface area (Å²) >= 11 is 7.23. The van der Waals surface area contributed by atoms with Crippen LogP contribution in [0.3, 0.4) is 0 Å². The maximum absolute atomic E-state index is 12.9. The number of carbonyl (C=O) groups excluding carboxylic acids is 1. The van der Waals surface area contributed by atoms with Crippen molar-refractivity contribution in [3.8, 4) is 17.2 Å². The Labute approximate surface area is 249 Å². The van der Waals surface area contributed by atoms with Gasteiger partial charge in [0.25, 0.3) is 0 Å². The Bertz CT molecular complexity index is 1630. The normalized spacial score (nSPS) is 17.4. The van der Waals surface area contributed by atoms with E-state index in [0.717, 1.165) is 44.6 Å². The molecule has 6 nitrogen and oxygen atoms in total. The van der Waals surface area contributed by atoms with Crippen LogP contribution in [0.15, 0.2) is 92.9 Å². The first kappa shape index (κ1) is 26.6. The summed E-state index contributed by atoms with van der Waals surface area (Å²) in [7, 11) is 1.55. The predicted molar refractivity (Wildman–Crippen MR) is 161 cm³/mol. The number of fused-ring (bicyclic) bond motifs is 3. The van der Waals surface area contributed by atoms with Gasteiger partial charge in [-0.1, -0.05) is 63.5 Å². The lowest BCUT2D eigenvalue weighted by atomic mass is 9.95. The molecule has 0 N–H and O–H groups in total. The number of nitrogens with zero attached hydrogens (tertiary/aromatic N) is 2. The largest absolute Gasteiger partial charge is 0.493 e. The highest BCUT2D eigenvalue weighted by molar-refractivity contribution is 9.10. The van der Waals surface area contributed by atoms with Crippen LogP contribution in [0.5, 0.6) is 17.2 Å². The van der Waals surface area contributed by atoms with Crippen molar-refractivity contribution in [3.63, 3.8) is 0 Å². The molecule has 0 radical (unpaired) electrons. The molecule has 4 aromatic rings. The maximum atomic E-state index is 12.9. The minimum Gasteiger partial charge on any atom is -0.493 e. The third-order valence-corrected chi connectivity index (χ3v) is 8.24. The van der Waals surface area contributed by atoms with Crippen molar-refractivity contribution in [2.24, 2.45) is 5.10 Å². The number of esters is 1. The molecule has 202 valence electrons. The van der Waals surface area contributed by atoms with Gasteiger partial charge in [0, 0.05) is 22.0 Å². The highest BCUT2D eigenvalue weighted by atomic mass is 79.9. The molecule has 40 heavy (non-hydrogen) atoms. The molecular weight excluding hydrogens is 636 g/mol. The summed E-state index contributed by atoms with van der Waals surface area (Å²) in [6.07, 6.45) is 0.227. The van der Waals surface area contributed by atoms with Crippen LogP contribution >= 0.6 is 31.9 Å². The van der Waals surface area contributed by atoms with Gasteiger partial charge in [-0.25, -0.2) is 9.80 Å². The van der Waals surface area contributed by atoms with Crippen LogP contribution in [-0.2, 0) is 0 Å². The Morgan fingerprint density at radius 3 is 2.35 bits per heavy atom. The number of aryl methyl sites for hydroxylation is 2. The van der Waals surface area contributed by atoms with Gasteiger partial charge in [-0.05, 0) is 77.8 Å². The molecule has 2 aliphatic heterocycles. The Morgan fingerprint density at radius 2 is 1.65 bits per heavy atom. The number of ether oxygens (including phenoxy) is 3. The van der Waals surface area contributed by atoms with E-state index in [9.17, 15) is 4.79 Å². The summed E-state index contributed by atoms with van der Waals surface area (Å²) in [5.74, 6) is 1.05. The molecule has 0 spiro atoms. The van der Waals surface area contributed by atoms with Gasteiger partial charge in [0.05, 0.1) is 28.9 Å². The van der Waals surface area contributed by atoms with E-state index in [2.05, 4.69) is 69.1 Å². The maximum Gasteiger partial charge on any atom is 0.343 e. The molecule has 6 rings (SSSR count). The lowest BCUT2D eigenvalue weighted by Crippen LogP contribution is -2.33. The molecule has 2 atom stereocenters. The molecular formula is C32H26Br2N2O4. The average Bonchev–Trinajstić information content (AvgIpc) is 3.40. The molecule has 0 saturated heterocycles. The zero-order valence-electron chi connectivity index (χ0n) is 22.2. The highest BCUT2D eigenvalue weighted by Crippen LogP contribution is 2.50. The fourth-order valence-corrected chi connectivity index (χ4v) is 5.94. The number of hydrogen-bond acceptors (Lipinski definition) is 6. The molecule has 0 aliphatic carbocycles. The molecule has 8 heteroatoms. The van der Waals surface area contributed by atoms with Crippen molar-refractivity contribution in [1.82, 2.24) is 5.01 Å². The molecule has 0 bridgehead atoms. The van der Waals surface area contributed by atoms with Gasteiger partial charge in [0.2, 0.25) is 6.23 Å². The van der Waals surface area contributed by atoms with Crippen molar-refractivity contribution in [2.75, 3.05) is 7.11 Å². The van der Waals surface area contributed by atoms with E-state index in [4.69, 9.17) is 19.3 Å². The van der Waals surface area contributed by atoms with Gasteiger partial charge in [-0.15, -0.1) is 0 Å². The number of benzene rings is 4. The average molecular weight is 662 g/mol. The lowest BCUT2D eigenvalue weighted by Gasteiger charge is -2.38. The molecule has 0 amide bonds. The number of rotatable bonds is 5. The van der Waals surface area contributed by atoms with Gasteiger partial charge >= 0.3 is 5.97 Å². The van der Waals surface area contributed by atoms with Gasteiger partial charge in [0.1, 0.15) is 5.75 Å². The monoisotopic (exact) mass is 660 g/mol. The Morgan fingerprint density at radius 1 is 0.950 bits per heavy atom. The van der Waals surface area contributed by atoms with Crippen molar-refractivity contribution in [2.45, 2.75) is 32.5 Å². The van der Waals surface area contributed by atoms with E-state index >= 15 is 0 Å². The molecule has 0 aromatic heterocycles. The minimum atomic E-state index is -0.520. The molecule has 2 aliphatic rings. The van der Waals surface area contributed by atoms with Gasteiger partial charge in [-0.3, -0.25) is 0 Å². The summed E-state index contributed by atoms with van der Waals surface area (Å²) in [6, 6.07) is 25.5. The SMILES string of the molecule is COc1cc(C2Oc3ccc(Br)cc3C3CC(c4ccc(C)cc4)=NN32)cc(Br)c1OC(=O)c1ccc(C)cc1. The first-order valence-corrected chi connectivity index (χ1v) is 14.4. The van der Waals surface area contributed by atoms with E-state index in [1.165, 1.54) is 5.56 Å². The van der Waals surface area contributed by atoms with Crippen LogP contribution in [0.1, 0.15) is 56.9 Å². The zero-order chi connectivity index (χ0) is 28.0. The number of hydrazone groups is 1. The fraction of sp³-hybridized carbons (Fsp3) is 0.188. The second kappa shape index (κ2) is 10.7. The summed E-state index contributed by atoms with van der Waals surface area (Å²) < 4.78 is 19.6. The van der Waals surface area contributed by atoms with Crippen molar-refractivity contribution in [1.29, 1.82) is 0 Å². The predicted octanol–water partition coefficient (Wildman–Crippen LogP) is 8.30. The van der Waals surface area contributed by atoms with E-state index in [-0.39, 0.29) is 6.04 Å². The molecule has 4 aromatic carbocycles. The van der Waals surface area contributed by atoms with E-state index < -0.39 is 12.2 Å². The van der Waals surface area contributed by atoms with Crippen molar-refractivity contribution in [3.05, 3.63) is 121 Å². The Balaban J connectivity index is 1.38. The summed E-state index contributed by atoms with van der Waals surface area (Å²) in [5.41, 5.74) is 6.70. The number of methoxy groups -OCH3 is 1. The van der Waals surface area contributed by atoms with Crippen LogP contribution in [0.2, 0.25) is 0 Å². The topological polar surface area (TPSA) is 60.4 Å². The van der Waals surface area contributed by atoms with Crippen molar-refractivity contribution < 1.29 is 19.0 Å². The Kier molecular flexibility index (Phi) is 7.15. The van der Waals surface area contributed by atoms with E-state index in [1.54, 1.807) is 19.2 Å². The molecule has 0 saturated carbocycles. The fourth-order valence-electron chi connectivity index (χ4n) is 5.02. The van der Waals surface area contributed by atoms with Gasteiger partial charge in [0.15, 0.2) is 11.5 Å². The molecule has 2 unspecified atom stereocenters. The van der Waals surface area contributed by atoms with Crippen molar-refractivity contribution >= 4 is 43.5 Å².